The van der Waals surface area contributed by atoms with Gasteiger partial charge in [0.1, 0.15) is 11.6 Å². The molecule has 0 saturated carbocycles. The minimum Gasteiger partial charge on any atom is -0.330 e. The molecule has 2 aromatic rings. The van der Waals surface area contributed by atoms with Crippen LogP contribution in [0.5, 0.6) is 0 Å². The Bertz CT molecular complexity index is 576. The number of hydrogen-bond donors (Lipinski definition) is 1. The minimum atomic E-state index is -0.216. The molecule has 2 rings (SSSR count). The van der Waals surface area contributed by atoms with Crippen LogP contribution in [-0.2, 0) is 12.2 Å². The van der Waals surface area contributed by atoms with Crippen molar-refractivity contribution in [3.63, 3.8) is 0 Å². The molecule has 0 saturated heterocycles. The monoisotopic (exact) mass is 305 g/mol. The van der Waals surface area contributed by atoms with Crippen LogP contribution in [0.25, 0.3) is 0 Å². The summed E-state index contributed by atoms with van der Waals surface area (Å²) >= 11 is 1.61. The SMILES string of the molecule is Cc1nc(CSc2ccc(F)cc2)nc(C)c1CCCN. The second kappa shape index (κ2) is 7.52. The molecule has 0 atom stereocenters. The Kier molecular flexibility index (Phi) is 5.70. The Labute approximate surface area is 129 Å². The number of rotatable bonds is 6. The average Bonchev–Trinajstić information content (AvgIpc) is 2.46. The normalized spacial score (nSPS) is 10.9. The van der Waals surface area contributed by atoms with Crippen molar-refractivity contribution in [3.05, 3.63) is 52.9 Å². The number of nitrogens with two attached hydrogens (primary N) is 1. The van der Waals surface area contributed by atoms with E-state index in [1.165, 1.54) is 17.7 Å². The zero-order valence-electron chi connectivity index (χ0n) is 12.4. The zero-order valence-corrected chi connectivity index (χ0v) is 13.2. The highest BCUT2D eigenvalue weighted by Gasteiger charge is 2.08. The van der Waals surface area contributed by atoms with Crippen molar-refractivity contribution in [1.29, 1.82) is 0 Å². The lowest BCUT2D eigenvalue weighted by Crippen LogP contribution is -2.07. The van der Waals surface area contributed by atoms with E-state index in [1.807, 2.05) is 13.8 Å². The molecular formula is C16H20FN3S. The zero-order chi connectivity index (χ0) is 15.2. The van der Waals surface area contributed by atoms with E-state index >= 15 is 0 Å². The van der Waals surface area contributed by atoms with E-state index in [4.69, 9.17) is 5.73 Å². The molecule has 5 heteroatoms. The quantitative estimate of drug-likeness (QED) is 0.831. The van der Waals surface area contributed by atoms with E-state index in [9.17, 15) is 4.39 Å². The number of benzene rings is 1. The van der Waals surface area contributed by atoms with Crippen molar-refractivity contribution >= 4 is 11.8 Å². The summed E-state index contributed by atoms with van der Waals surface area (Å²) in [6.07, 6.45) is 1.88. The molecule has 0 bridgehead atoms. The molecule has 0 unspecified atom stereocenters. The van der Waals surface area contributed by atoms with Gasteiger partial charge in [0.15, 0.2) is 0 Å². The van der Waals surface area contributed by atoms with E-state index < -0.39 is 0 Å². The maximum absolute atomic E-state index is 12.9. The highest BCUT2D eigenvalue weighted by atomic mass is 32.2. The summed E-state index contributed by atoms with van der Waals surface area (Å²) in [5.41, 5.74) is 8.83. The van der Waals surface area contributed by atoms with Crippen molar-refractivity contribution in [1.82, 2.24) is 9.97 Å². The number of nitrogens with zero attached hydrogens (tertiary/aromatic N) is 2. The van der Waals surface area contributed by atoms with Gasteiger partial charge in [0.05, 0.1) is 5.75 Å². The predicted octanol–water partition coefficient (Wildman–Crippen LogP) is 3.42. The molecule has 0 spiro atoms. The van der Waals surface area contributed by atoms with E-state index in [1.54, 1.807) is 23.9 Å². The fourth-order valence-corrected chi connectivity index (χ4v) is 2.95. The summed E-state index contributed by atoms with van der Waals surface area (Å²) in [5.74, 6) is 1.28. The van der Waals surface area contributed by atoms with Gasteiger partial charge in [0, 0.05) is 16.3 Å². The number of aromatic nitrogens is 2. The van der Waals surface area contributed by atoms with Crippen LogP contribution in [0.4, 0.5) is 4.39 Å². The number of hydrogen-bond acceptors (Lipinski definition) is 4. The molecule has 0 amide bonds. The van der Waals surface area contributed by atoms with Gasteiger partial charge in [-0.15, -0.1) is 11.8 Å². The first-order valence-corrected chi connectivity index (χ1v) is 8.00. The van der Waals surface area contributed by atoms with Gasteiger partial charge in [-0.25, -0.2) is 14.4 Å². The van der Waals surface area contributed by atoms with Gasteiger partial charge < -0.3 is 5.73 Å². The van der Waals surface area contributed by atoms with Crippen LogP contribution in [0, 0.1) is 19.7 Å². The molecule has 0 aliphatic carbocycles. The van der Waals surface area contributed by atoms with Gasteiger partial charge in [0.25, 0.3) is 0 Å². The van der Waals surface area contributed by atoms with Crippen LogP contribution >= 0.6 is 11.8 Å². The molecule has 3 nitrogen and oxygen atoms in total. The molecule has 0 fully saturated rings. The van der Waals surface area contributed by atoms with Gasteiger partial charge in [0.2, 0.25) is 0 Å². The van der Waals surface area contributed by atoms with Crippen molar-refractivity contribution < 1.29 is 4.39 Å². The third-order valence-corrected chi connectivity index (χ3v) is 4.29. The lowest BCUT2D eigenvalue weighted by atomic mass is 10.1. The lowest BCUT2D eigenvalue weighted by Gasteiger charge is -2.10. The van der Waals surface area contributed by atoms with Crippen LogP contribution in [0.3, 0.4) is 0 Å². The first kappa shape index (κ1) is 15.9. The number of aryl methyl sites for hydroxylation is 2. The molecular weight excluding hydrogens is 285 g/mol. The second-order valence-corrected chi connectivity index (χ2v) is 5.97. The van der Waals surface area contributed by atoms with E-state index in [2.05, 4.69) is 9.97 Å². The Balaban J connectivity index is 2.05. The van der Waals surface area contributed by atoms with Crippen molar-refractivity contribution in [2.45, 2.75) is 37.3 Å². The van der Waals surface area contributed by atoms with Crippen molar-refractivity contribution in [3.8, 4) is 0 Å². The summed E-state index contributed by atoms with van der Waals surface area (Å²) in [7, 11) is 0. The fraction of sp³-hybridized carbons (Fsp3) is 0.375. The van der Waals surface area contributed by atoms with Crippen LogP contribution in [0.2, 0.25) is 0 Å². The second-order valence-electron chi connectivity index (χ2n) is 4.92. The average molecular weight is 305 g/mol. The topological polar surface area (TPSA) is 51.8 Å². The lowest BCUT2D eigenvalue weighted by molar-refractivity contribution is 0.626. The van der Waals surface area contributed by atoms with E-state index in [-0.39, 0.29) is 5.82 Å². The number of thioether (sulfide) groups is 1. The van der Waals surface area contributed by atoms with Crippen LogP contribution in [0.15, 0.2) is 29.2 Å². The van der Waals surface area contributed by atoms with Gasteiger partial charge in [-0.05, 0) is 63.1 Å². The largest absolute Gasteiger partial charge is 0.330 e. The Morgan fingerprint density at radius 1 is 1.10 bits per heavy atom. The van der Waals surface area contributed by atoms with E-state index in [0.717, 1.165) is 34.9 Å². The number of halogens is 1. The van der Waals surface area contributed by atoms with Crippen LogP contribution in [-0.4, -0.2) is 16.5 Å². The van der Waals surface area contributed by atoms with E-state index in [0.29, 0.717) is 12.3 Å². The molecule has 0 radical (unpaired) electrons. The third kappa shape index (κ3) is 4.51. The molecule has 1 heterocycles. The highest BCUT2D eigenvalue weighted by Crippen LogP contribution is 2.22. The Hall–Kier alpha value is -1.46. The molecule has 2 N–H and O–H groups in total. The maximum Gasteiger partial charge on any atom is 0.139 e. The van der Waals surface area contributed by atoms with Gasteiger partial charge in [-0.2, -0.15) is 0 Å². The third-order valence-electron chi connectivity index (χ3n) is 3.28. The fourth-order valence-electron chi connectivity index (χ4n) is 2.19. The first-order valence-electron chi connectivity index (χ1n) is 7.01. The molecule has 1 aromatic carbocycles. The predicted molar refractivity (Wildman–Crippen MR) is 84.8 cm³/mol. The molecule has 0 aliphatic heterocycles. The van der Waals surface area contributed by atoms with Gasteiger partial charge in [-0.1, -0.05) is 0 Å². The molecule has 0 aliphatic rings. The summed E-state index contributed by atoms with van der Waals surface area (Å²) in [6, 6.07) is 6.48. The van der Waals surface area contributed by atoms with Gasteiger partial charge >= 0.3 is 0 Å². The Morgan fingerprint density at radius 3 is 2.29 bits per heavy atom. The highest BCUT2D eigenvalue weighted by molar-refractivity contribution is 7.98. The first-order chi connectivity index (χ1) is 10.1. The van der Waals surface area contributed by atoms with Crippen molar-refractivity contribution in [2.24, 2.45) is 5.73 Å². The maximum atomic E-state index is 12.9. The van der Waals surface area contributed by atoms with Crippen LogP contribution < -0.4 is 5.73 Å². The smallest absolute Gasteiger partial charge is 0.139 e. The summed E-state index contributed by atoms with van der Waals surface area (Å²) in [6.45, 7) is 4.72. The molecule has 112 valence electrons. The van der Waals surface area contributed by atoms with Crippen molar-refractivity contribution in [2.75, 3.05) is 6.54 Å². The standard InChI is InChI=1S/C16H20FN3S/c1-11-15(4-3-9-18)12(2)20-16(19-11)10-21-14-7-5-13(17)6-8-14/h5-8H,3-4,9-10,18H2,1-2H3. The Morgan fingerprint density at radius 2 is 1.71 bits per heavy atom. The van der Waals surface area contributed by atoms with Gasteiger partial charge in [-0.3, -0.25) is 0 Å². The summed E-state index contributed by atoms with van der Waals surface area (Å²) in [5, 5.41) is 0. The summed E-state index contributed by atoms with van der Waals surface area (Å²) < 4.78 is 12.9. The molecule has 21 heavy (non-hydrogen) atoms. The minimum absolute atomic E-state index is 0.216. The summed E-state index contributed by atoms with van der Waals surface area (Å²) in [4.78, 5) is 10.2. The van der Waals surface area contributed by atoms with Crippen LogP contribution in [0.1, 0.15) is 29.2 Å². The molecule has 1 aromatic heterocycles.